The summed E-state index contributed by atoms with van der Waals surface area (Å²) in [4.78, 5) is 11.6. The van der Waals surface area contributed by atoms with E-state index in [1.54, 1.807) is 27.2 Å². The Morgan fingerprint density at radius 2 is 1.89 bits per heavy atom. The zero-order valence-electron chi connectivity index (χ0n) is 23.3. The second-order valence-electron chi connectivity index (χ2n) is 10.4. The van der Waals surface area contributed by atoms with Crippen molar-refractivity contribution in [3.63, 3.8) is 0 Å². The molecule has 0 radical (unpaired) electrons. The second kappa shape index (κ2) is 11.0. The average Bonchev–Trinajstić information content (AvgIpc) is 3.21. The molecule has 2 heterocycles. The van der Waals surface area contributed by atoms with E-state index in [0.29, 0.717) is 47.4 Å². The maximum atomic E-state index is 14.2. The van der Waals surface area contributed by atoms with Gasteiger partial charge in [-0.3, -0.25) is 4.90 Å². The van der Waals surface area contributed by atoms with Crippen molar-refractivity contribution in [2.75, 3.05) is 46.3 Å². The predicted octanol–water partition coefficient (Wildman–Crippen LogP) is 6.03. The van der Waals surface area contributed by atoms with Crippen LogP contribution in [-0.2, 0) is 10.7 Å². The van der Waals surface area contributed by atoms with E-state index in [0.717, 1.165) is 37.3 Å². The van der Waals surface area contributed by atoms with Crippen molar-refractivity contribution in [3.05, 3.63) is 52.8 Å². The molecular formula is C29H38F2N4O3. The fourth-order valence-electron chi connectivity index (χ4n) is 5.48. The Hall–Kier alpha value is -3.04. The molecule has 4 rings (SSSR count). The Morgan fingerprint density at radius 3 is 2.53 bits per heavy atom. The summed E-state index contributed by atoms with van der Waals surface area (Å²) in [6.45, 7) is 8.42. The molecular weight excluding hydrogens is 490 g/mol. The molecule has 38 heavy (non-hydrogen) atoms. The van der Waals surface area contributed by atoms with Gasteiger partial charge >= 0.3 is 0 Å². The topological polar surface area (TPSA) is 68.7 Å². The van der Waals surface area contributed by atoms with Gasteiger partial charge in [-0.1, -0.05) is 18.2 Å². The maximum absolute atomic E-state index is 14.2. The van der Waals surface area contributed by atoms with Gasteiger partial charge in [0.05, 0.1) is 30.8 Å². The number of methoxy groups -OCH3 is 2. The number of likely N-dealkylation sites (tertiary alicyclic amines) is 1. The van der Waals surface area contributed by atoms with Crippen LogP contribution in [0.3, 0.4) is 0 Å². The molecule has 1 saturated heterocycles. The van der Waals surface area contributed by atoms with Crippen molar-refractivity contribution in [1.29, 1.82) is 0 Å². The summed E-state index contributed by atoms with van der Waals surface area (Å²) in [5.74, 6) is -0.571. The fourth-order valence-corrected chi connectivity index (χ4v) is 5.48. The highest BCUT2D eigenvalue weighted by molar-refractivity contribution is 5.92. The lowest BCUT2D eigenvalue weighted by molar-refractivity contribution is 0.0167. The van der Waals surface area contributed by atoms with Crippen LogP contribution in [0.4, 0.5) is 14.6 Å². The molecule has 1 aliphatic rings. The van der Waals surface area contributed by atoms with E-state index in [2.05, 4.69) is 27.2 Å². The first kappa shape index (κ1) is 28.0. The minimum Gasteiger partial charge on any atom is -0.493 e. The standard InChI is InChI=1S/C29H38F2N4O3/c1-18-21(10-8-11-23(18)28(4,30)31)19(2)32-27-22-14-26(25(37-7)15-24(22)33-20(3)34-27)38-17-29(16-36-6)12-9-13-35(29)5/h8,10-11,14-15,19H,9,12-13,16-17H2,1-7H3,(H,32,33,34)/t19-,29-/m1/s1. The molecule has 1 aliphatic heterocycles. The number of fused-ring (bicyclic) bond motifs is 1. The predicted molar refractivity (Wildman–Crippen MR) is 146 cm³/mol. The molecule has 0 amide bonds. The number of anilines is 1. The summed E-state index contributed by atoms with van der Waals surface area (Å²) in [5, 5.41) is 4.20. The van der Waals surface area contributed by atoms with Crippen LogP contribution >= 0.6 is 0 Å². The van der Waals surface area contributed by atoms with Crippen molar-refractivity contribution >= 4 is 16.7 Å². The van der Waals surface area contributed by atoms with Gasteiger partial charge in [0, 0.05) is 31.0 Å². The molecule has 9 heteroatoms. The summed E-state index contributed by atoms with van der Waals surface area (Å²) < 4.78 is 45.9. The molecule has 0 aliphatic carbocycles. The number of benzene rings is 2. The fraction of sp³-hybridized carbons (Fsp3) is 0.517. The van der Waals surface area contributed by atoms with Crippen molar-refractivity contribution in [2.45, 2.75) is 58.0 Å². The minimum absolute atomic E-state index is 0.0228. The van der Waals surface area contributed by atoms with Gasteiger partial charge in [-0.05, 0) is 64.4 Å². The van der Waals surface area contributed by atoms with Gasteiger partial charge < -0.3 is 19.5 Å². The van der Waals surface area contributed by atoms with Crippen LogP contribution in [0.15, 0.2) is 30.3 Å². The largest absolute Gasteiger partial charge is 0.493 e. The monoisotopic (exact) mass is 528 g/mol. The summed E-state index contributed by atoms with van der Waals surface area (Å²) >= 11 is 0. The molecule has 3 aromatic rings. The number of hydrogen-bond donors (Lipinski definition) is 1. The van der Waals surface area contributed by atoms with Gasteiger partial charge in [0.15, 0.2) is 11.5 Å². The van der Waals surface area contributed by atoms with E-state index < -0.39 is 5.92 Å². The normalized spacial score (nSPS) is 19.1. The first-order chi connectivity index (χ1) is 18.0. The third kappa shape index (κ3) is 5.54. The van der Waals surface area contributed by atoms with Gasteiger partial charge in [0.25, 0.3) is 5.92 Å². The van der Waals surface area contributed by atoms with Crippen LogP contribution in [-0.4, -0.2) is 61.4 Å². The van der Waals surface area contributed by atoms with Gasteiger partial charge in [-0.2, -0.15) is 0 Å². The van der Waals surface area contributed by atoms with Gasteiger partial charge in [0.1, 0.15) is 18.2 Å². The number of nitrogens with one attached hydrogen (secondary N) is 1. The lowest BCUT2D eigenvalue weighted by Gasteiger charge is -2.35. The lowest BCUT2D eigenvalue weighted by Crippen LogP contribution is -2.50. The number of aromatic nitrogens is 2. The third-order valence-electron chi connectivity index (χ3n) is 7.62. The molecule has 0 spiro atoms. The second-order valence-corrected chi connectivity index (χ2v) is 10.4. The Morgan fingerprint density at radius 1 is 1.13 bits per heavy atom. The Labute approximate surface area is 223 Å². The molecule has 0 unspecified atom stereocenters. The van der Waals surface area contributed by atoms with Crippen LogP contribution < -0.4 is 14.8 Å². The quantitative estimate of drug-likeness (QED) is 0.345. The third-order valence-corrected chi connectivity index (χ3v) is 7.62. The highest BCUT2D eigenvalue weighted by Crippen LogP contribution is 2.38. The van der Waals surface area contributed by atoms with E-state index in [1.807, 2.05) is 32.0 Å². The van der Waals surface area contributed by atoms with E-state index in [1.165, 1.54) is 6.07 Å². The van der Waals surface area contributed by atoms with Gasteiger partial charge in [-0.15, -0.1) is 0 Å². The molecule has 7 nitrogen and oxygen atoms in total. The molecule has 1 fully saturated rings. The zero-order valence-corrected chi connectivity index (χ0v) is 23.3. The lowest BCUT2D eigenvalue weighted by atomic mass is 9.94. The number of likely N-dealkylation sites (N-methyl/N-ethyl adjacent to an activating group) is 1. The zero-order chi connectivity index (χ0) is 27.7. The summed E-state index contributed by atoms with van der Waals surface area (Å²) in [7, 11) is 5.41. The highest BCUT2D eigenvalue weighted by atomic mass is 19.3. The number of ether oxygens (including phenoxy) is 3. The molecule has 0 bridgehead atoms. The molecule has 1 N–H and O–H groups in total. The van der Waals surface area contributed by atoms with E-state index in [9.17, 15) is 8.78 Å². The smallest absolute Gasteiger partial charge is 0.270 e. The molecule has 2 atom stereocenters. The van der Waals surface area contributed by atoms with Crippen LogP contribution in [0.2, 0.25) is 0 Å². The summed E-state index contributed by atoms with van der Waals surface area (Å²) in [6.07, 6.45) is 2.07. The Balaban J connectivity index is 1.69. The van der Waals surface area contributed by atoms with Crippen molar-refractivity contribution in [3.8, 4) is 11.5 Å². The van der Waals surface area contributed by atoms with Crippen LogP contribution in [0.1, 0.15) is 55.2 Å². The van der Waals surface area contributed by atoms with Crippen molar-refractivity contribution < 1.29 is 23.0 Å². The Bertz CT molecular complexity index is 1300. The average molecular weight is 529 g/mol. The number of halogens is 2. The molecule has 0 saturated carbocycles. The molecule has 2 aromatic carbocycles. The number of rotatable bonds is 10. The number of alkyl halides is 2. The molecule has 1 aromatic heterocycles. The minimum atomic E-state index is -2.92. The van der Waals surface area contributed by atoms with E-state index >= 15 is 0 Å². The highest BCUT2D eigenvalue weighted by Gasteiger charge is 2.40. The number of nitrogens with zero attached hydrogens (tertiary/aromatic N) is 3. The number of aryl methyl sites for hydroxylation is 1. The van der Waals surface area contributed by atoms with Crippen LogP contribution in [0.25, 0.3) is 10.9 Å². The first-order valence-corrected chi connectivity index (χ1v) is 12.9. The van der Waals surface area contributed by atoms with Crippen LogP contribution in [0.5, 0.6) is 11.5 Å². The number of hydrogen-bond acceptors (Lipinski definition) is 7. The van der Waals surface area contributed by atoms with Crippen molar-refractivity contribution in [1.82, 2.24) is 14.9 Å². The van der Waals surface area contributed by atoms with Gasteiger partial charge in [0.2, 0.25) is 0 Å². The first-order valence-electron chi connectivity index (χ1n) is 12.9. The van der Waals surface area contributed by atoms with E-state index in [-0.39, 0.29) is 17.1 Å². The summed E-state index contributed by atoms with van der Waals surface area (Å²) in [6, 6.07) is 8.47. The molecule has 206 valence electrons. The van der Waals surface area contributed by atoms with Crippen LogP contribution in [0, 0.1) is 13.8 Å². The van der Waals surface area contributed by atoms with E-state index in [4.69, 9.17) is 14.2 Å². The van der Waals surface area contributed by atoms with Crippen molar-refractivity contribution in [2.24, 2.45) is 0 Å². The Kier molecular flexibility index (Phi) is 8.09. The van der Waals surface area contributed by atoms with Gasteiger partial charge in [-0.25, -0.2) is 18.7 Å². The SMILES string of the molecule is COC[C@@]1(COc2cc3c(N[C@H](C)c4cccc(C(C)(F)F)c4C)nc(C)nc3cc2OC)CCCN1C. The maximum Gasteiger partial charge on any atom is 0.270 e. The summed E-state index contributed by atoms with van der Waals surface area (Å²) in [5.41, 5.74) is 1.85.